The van der Waals surface area contributed by atoms with Crippen molar-refractivity contribution in [2.45, 2.75) is 33.4 Å². The Kier molecular flexibility index (Phi) is 5.47. The SMILES string of the molecule is CCOCC(NCc1cc(=O)n2ccccc2n1)C(C)C. The van der Waals surface area contributed by atoms with Crippen LogP contribution < -0.4 is 10.9 Å². The van der Waals surface area contributed by atoms with Crippen LogP contribution in [0, 0.1) is 5.92 Å². The van der Waals surface area contributed by atoms with E-state index in [0.717, 1.165) is 5.69 Å². The van der Waals surface area contributed by atoms with Gasteiger partial charge in [0.2, 0.25) is 0 Å². The van der Waals surface area contributed by atoms with Crippen molar-refractivity contribution in [1.82, 2.24) is 14.7 Å². The average molecular weight is 289 g/mol. The largest absolute Gasteiger partial charge is 0.380 e. The van der Waals surface area contributed by atoms with E-state index in [1.165, 1.54) is 0 Å². The summed E-state index contributed by atoms with van der Waals surface area (Å²) in [6, 6.07) is 7.37. The summed E-state index contributed by atoms with van der Waals surface area (Å²) in [6.07, 6.45) is 1.73. The predicted octanol–water partition coefficient (Wildman–Crippen LogP) is 1.85. The number of aromatic nitrogens is 2. The summed E-state index contributed by atoms with van der Waals surface area (Å²) in [5, 5.41) is 3.43. The van der Waals surface area contributed by atoms with Crippen molar-refractivity contribution in [2.24, 2.45) is 5.92 Å². The van der Waals surface area contributed by atoms with E-state index in [0.29, 0.717) is 31.3 Å². The fourth-order valence-electron chi connectivity index (χ4n) is 2.16. The molecule has 0 spiro atoms. The molecule has 2 heterocycles. The molecule has 0 aromatic carbocycles. The van der Waals surface area contributed by atoms with Crippen LogP contribution in [-0.4, -0.2) is 28.6 Å². The van der Waals surface area contributed by atoms with Crippen molar-refractivity contribution in [1.29, 1.82) is 0 Å². The van der Waals surface area contributed by atoms with Gasteiger partial charge in [0, 0.05) is 31.5 Å². The second-order valence-corrected chi connectivity index (χ2v) is 5.41. The Morgan fingerprint density at radius 2 is 2.19 bits per heavy atom. The zero-order chi connectivity index (χ0) is 15.2. The third kappa shape index (κ3) is 4.12. The van der Waals surface area contributed by atoms with Gasteiger partial charge in [0.15, 0.2) is 0 Å². The molecule has 5 nitrogen and oxygen atoms in total. The number of nitrogens with one attached hydrogen (secondary N) is 1. The van der Waals surface area contributed by atoms with Gasteiger partial charge in [0.05, 0.1) is 12.3 Å². The number of fused-ring (bicyclic) bond motifs is 1. The molecule has 0 saturated heterocycles. The van der Waals surface area contributed by atoms with Gasteiger partial charge in [-0.3, -0.25) is 9.20 Å². The normalized spacial score (nSPS) is 13.0. The molecule has 0 aliphatic carbocycles. The Hall–Kier alpha value is -1.72. The maximum atomic E-state index is 12.0. The standard InChI is InChI=1S/C16H23N3O2/c1-4-21-11-14(12(2)3)17-10-13-9-16(20)19-8-6-5-7-15(19)18-13/h5-9,12,14,17H,4,10-11H2,1-3H3. The maximum Gasteiger partial charge on any atom is 0.258 e. The molecule has 5 heteroatoms. The zero-order valence-corrected chi connectivity index (χ0v) is 12.9. The molecule has 0 aliphatic rings. The zero-order valence-electron chi connectivity index (χ0n) is 12.9. The molecule has 1 atom stereocenters. The quantitative estimate of drug-likeness (QED) is 0.845. The number of pyridine rings is 1. The van der Waals surface area contributed by atoms with Crippen molar-refractivity contribution < 1.29 is 4.74 Å². The lowest BCUT2D eigenvalue weighted by molar-refractivity contribution is 0.107. The molecule has 0 amide bonds. The van der Waals surface area contributed by atoms with E-state index < -0.39 is 0 Å². The Bertz CT molecular complexity index is 637. The number of hydrogen-bond acceptors (Lipinski definition) is 4. The van der Waals surface area contributed by atoms with Crippen molar-refractivity contribution in [3.63, 3.8) is 0 Å². The van der Waals surface area contributed by atoms with Crippen molar-refractivity contribution in [3.05, 3.63) is 46.5 Å². The molecule has 0 bridgehead atoms. The van der Waals surface area contributed by atoms with Gasteiger partial charge in [-0.05, 0) is 25.0 Å². The molecule has 0 saturated carbocycles. The molecule has 21 heavy (non-hydrogen) atoms. The van der Waals surface area contributed by atoms with Gasteiger partial charge in [-0.15, -0.1) is 0 Å². The molecule has 2 aromatic heterocycles. The third-order valence-corrected chi connectivity index (χ3v) is 3.48. The van der Waals surface area contributed by atoms with Crippen LogP contribution in [-0.2, 0) is 11.3 Å². The molecule has 2 rings (SSSR count). The second-order valence-electron chi connectivity index (χ2n) is 5.41. The van der Waals surface area contributed by atoms with Gasteiger partial charge in [-0.2, -0.15) is 0 Å². The lowest BCUT2D eigenvalue weighted by Crippen LogP contribution is -2.38. The van der Waals surface area contributed by atoms with E-state index in [1.807, 2.05) is 25.1 Å². The smallest absolute Gasteiger partial charge is 0.258 e. The number of nitrogens with zero attached hydrogens (tertiary/aromatic N) is 2. The summed E-state index contributed by atoms with van der Waals surface area (Å²) in [5.41, 5.74) is 1.38. The highest BCUT2D eigenvalue weighted by atomic mass is 16.5. The summed E-state index contributed by atoms with van der Waals surface area (Å²) in [7, 11) is 0. The fourth-order valence-corrected chi connectivity index (χ4v) is 2.16. The van der Waals surface area contributed by atoms with E-state index in [4.69, 9.17) is 4.74 Å². The van der Waals surface area contributed by atoms with Crippen molar-refractivity contribution >= 4 is 5.65 Å². The molecular weight excluding hydrogens is 266 g/mol. The van der Waals surface area contributed by atoms with Gasteiger partial charge in [0.25, 0.3) is 5.56 Å². The lowest BCUT2D eigenvalue weighted by Gasteiger charge is -2.22. The van der Waals surface area contributed by atoms with E-state index in [-0.39, 0.29) is 11.6 Å². The molecular formula is C16H23N3O2. The van der Waals surface area contributed by atoms with Crippen LogP contribution in [0.3, 0.4) is 0 Å². The summed E-state index contributed by atoms with van der Waals surface area (Å²) < 4.78 is 7.04. The minimum Gasteiger partial charge on any atom is -0.380 e. The highest BCUT2D eigenvalue weighted by Gasteiger charge is 2.13. The molecule has 1 N–H and O–H groups in total. The summed E-state index contributed by atoms with van der Waals surface area (Å²) in [4.78, 5) is 16.5. The van der Waals surface area contributed by atoms with Gasteiger partial charge in [-0.1, -0.05) is 19.9 Å². The molecule has 0 fully saturated rings. The van der Waals surface area contributed by atoms with Gasteiger partial charge in [0.1, 0.15) is 5.65 Å². The topological polar surface area (TPSA) is 55.6 Å². The Morgan fingerprint density at radius 3 is 2.90 bits per heavy atom. The van der Waals surface area contributed by atoms with Crippen LogP contribution in [0.25, 0.3) is 5.65 Å². The summed E-state index contributed by atoms with van der Waals surface area (Å²) >= 11 is 0. The first-order chi connectivity index (χ1) is 10.1. The van der Waals surface area contributed by atoms with E-state index >= 15 is 0 Å². The van der Waals surface area contributed by atoms with E-state index in [2.05, 4.69) is 24.1 Å². The Morgan fingerprint density at radius 1 is 1.38 bits per heavy atom. The van der Waals surface area contributed by atoms with Crippen LogP contribution in [0.4, 0.5) is 0 Å². The predicted molar refractivity (Wildman–Crippen MR) is 83.4 cm³/mol. The minimum absolute atomic E-state index is 0.0525. The van der Waals surface area contributed by atoms with Crippen LogP contribution in [0.5, 0.6) is 0 Å². The van der Waals surface area contributed by atoms with E-state index in [9.17, 15) is 4.79 Å². The first-order valence-corrected chi connectivity index (χ1v) is 7.40. The Balaban J connectivity index is 2.10. The molecule has 114 valence electrons. The minimum atomic E-state index is -0.0525. The highest BCUT2D eigenvalue weighted by Crippen LogP contribution is 2.04. The number of ether oxygens (including phenoxy) is 1. The Labute approximate surface area is 125 Å². The number of rotatable bonds is 7. The molecule has 0 aliphatic heterocycles. The van der Waals surface area contributed by atoms with Gasteiger partial charge < -0.3 is 10.1 Å². The number of hydrogen-bond donors (Lipinski definition) is 1. The monoisotopic (exact) mass is 289 g/mol. The maximum absolute atomic E-state index is 12.0. The van der Waals surface area contributed by atoms with Crippen LogP contribution in [0.1, 0.15) is 26.5 Å². The van der Waals surface area contributed by atoms with Gasteiger partial charge in [-0.25, -0.2) is 4.98 Å². The first-order valence-electron chi connectivity index (χ1n) is 7.40. The second kappa shape index (κ2) is 7.33. The van der Waals surface area contributed by atoms with Gasteiger partial charge >= 0.3 is 0 Å². The first kappa shape index (κ1) is 15.7. The average Bonchev–Trinajstić information content (AvgIpc) is 2.47. The molecule has 2 aromatic rings. The molecule has 1 unspecified atom stereocenters. The van der Waals surface area contributed by atoms with Crippen LogP contribution in [0.2, 0.25) is 0 Å². The van der Waals surface area contributed by atoms with Crippen molar-refractivity contribution in [3.8, 4) is 0 Å². The van der Waals surface area contributed by atoms with Crippen LogP contribution >= 0.6 is 0 Å². The molecule has 0 radical (unpaired) electrons. The third-order valence-electron chi connectivity index (χ3n) is 3.48. The van der Waals surface area contributed by atoms with Crippen molar-refractivity contribution in [2.75, 3.05) is 13.2 Å². The lowest BCUT2D eigenvalue weighted by atomic mass is 10.1. The fraction of sp³-hybridized carbons (Fsp3) is 0.500. The summed E-state index contributed by atoms with van der Waals surface area (Å²) in [6.45, 7) is 8.24. The summed E-state index contributed by atoms with van der Waals surface area (Å²) in [5.74, 6) is 0.457. The van der Waals surface area contributed by atoms with Crippen LogP contribution in [0.15, 0.2) is 35.3 Å². The van der Waals surface area contributed by atoms with E-state index in [1.54, 1.807) is 16.7 Å². The highest BCUT2D eigenvalue weighted by molar-refractivity contribution is 5.37.